The van der Waals surface area contributed by atoms with Crippen molar-refractivity contribution in [3.63, 3.8) is 0 Å². The maximum atomic E-state index is 13.4. The lowest BCUT2D eigenvalue weighted by molar-refractivity contribution is 0.104. The summed E-state index contributed by atoms with van der Waals surface area (Å²) >= 11 is 0. The van der Waals surface area contributed by atoms with Gasteiger partial charge >= 0.3 is 0 Å². The third-order valence-electron chi connectivity index (χ3n) is 5.03. The van der Waals surface area contributed by atoms with E-state index in [1.165, 1.54) is 5.56 Å². The Morgan fingerprint density at radius 2 is 1.74 bits per heavy atom. The van der Waals surface area contributed by atoms with Gasteiger partial charge in [0.05, 0.1) is 12.2 Å². The van der Waals surface area contributed by atoms with Crippen LogP contribution in [0.2, 0.25) is 0 Å². The first kappa shape index (κ1) is 17.5. The van der Waals surface area contributed by atoms with Crippen molar-refractivity contribution in [1.29, 1.82) is 0 Å². The molecule has 1 aliphatic carbocycles. The first-order valence-corrected chi connectivity index (χ1v) is 9.39. The molecule has 136 valence electrons. The Morgan fingerprint density at radius 1 is 1.04 bits per heavy atom. The molecule has 0 fully saturated rings. The quantitative estimate of drug-likeness (QED) is 0.613. The summed E-state index contributed by atoms with van der Waals surface area (Å²) in [5.74, 6) is 0.0545. The molecule has 1 aliphatic rings. The van der Waals surface area contributed by atoms with Crippen LogP contribution in [-0.2, 0) is 18.4 Å². The fourth-order valence-corrected chi connectivity index (χ4v) is 3.48. The third kappa shape index (κ3) is 3.37. The van der Waals surface area contributed by atoms with E-state index in [0.29, 0.717) is 12.2 Å². The Hall–Kier alpha value is -2.94. The molecule has 1 aromatic heterocycles. The molecule has 0 amide bonds. The van der Waals surface area contributed by atoms with E-state index in [9.17, 15) is 4.79 Å². The average Bonchev–Trinajstić information content (AvgIpc) is 3.26. The zero-order chi connectivity index (χ0) is 19.0. The molecule has 0 atom stereocenters. The number of Topliss-reactive ketones (excluding diaryl/α,β-unsaturated/α-hetero) is 1. The second kappa shape index (κ2) is 6.66. The van der Waals surface area contributed by atoms with Crippen LogP contribution in [0.15, 0.2) is 66.7 Å². The van der Waals surface area contributed by atoms with Crippen LogP contribution in [0.4, 0.5) is 0 Å². The minimum absolute atomic E-state index is 0.0545. The highest BCUT2D eigenvalue weighted by atomic mass is 16.1. The number of benzene rings is 2. The zero-order valence-electron chi connectivity index (χ0n) is 16.1. The second-order valence-corrected chi connectivity index (χ2v) is 8.12. The standard InChI is InChI=1S/C24H24N2O/c1-24(2,3)22-15-21(26(25-22)16-17-9-5-4-6-10-17)23(27)20-14-13-18-11-7-8-12-19(18)20/h4-12,14-15H,13,16H2,1-3H3. The van der Waals surface area contributed by atoms with Crippen molar-refractivity contribution < 1.29 is 4.79 Å². The van der Waals surface area contributed by atoms with E-state index < -0.39 is 0 Å². The van der Waals surface area contributed by atoms with Crippen LogP contribution in [-0.4, -0.2) is 15.6 Å². The van der Waals surface area contributed by atoms with Crippen molar-refractivity contribution >= 4 is 11.4 Å². The van der Waals surface area contributed by atoms with Gasteiger partial charge in [-0.15, -0.1) is 0 Å². The van der Waals surface area contributed by atoms with Gasteiger partial charge in [0.25, 0.3) is 0 Å². The van der Waals surface area contributed by atoms with Crippen molar-refractivity contribution in [2.24, 2.45) is 0 Å². The van der Waals surface area contributed by atoms with Crippen molar-refractivity contribution in [2.45, 2.75) is 39.2 Å². The molecule has 2 aromatic carbocycles. The number of nitrogens with zero attached hydrogens (tertiary/aromatic N) is 2. The van der Waals surface area contributed by atoms with E-state index >= 15 is 0 Å². The molecule has 0 aliphatic heterocycles. The fourth-order valence-electron chi connectivity index (χ4n) is 3.48. The Kier molecular flexibility index (Phi) is 4.31. The van der Waals surface area contributed by atoms with Crippen LogP contribution < -0.4 is 0 Å². The van der Waals surface area contributed by atoms with Crippen molar-refractivity contribution in [3.05, 3.63) is 94.8 Å². The summed E-state index contributed by atoms with van der Waals surface area (Å²) in [5.41, 5.74) is 5.67. The Balaban J connectivity index is 1.75. The Labute approximate surface area is 160 Å². The van der Waals surface area contributed by atoms with Gasteiger partial charge in [-0.05, 0) is 29.2 Å². The molecule has 27 heavy (non-hydrogen) atoms. The lowest BCUT2D eigenvalue weighted by Gasteiger charge is -2.14. The van der Waals surface area contributed by atoms with E-state index in [2.05, 4.69) is 39.0 Å². The number of rotatable bonds is 4. The van der Waals surface area contributed by atoms with Gasteiger partial charge in [0, 0.05) is 11.0 Å². The van der Waals surface area contributed by atoms with E-state index in [1.54, 1.807) is 0 Å². The van der Waals surface area contributed by atoms with Crippen LogP contribution in [0, 0.1) is 0 Å². The Morgan fingerprint density at radius 3 is 2.48 bits per heavy atom. The van der Waals surface area contributed by atoms with Gasteiger partial charge in [-0.2, -0.15) is 5.10 Å². The van der Waals surface area contributed by atoms with E-state index in [0.717, 1.165) is 28.8 Å². The SMILES string of the molecule is CC(C)(C)c1cc(C(=O)C2=CCc3ccccc32)n(Cc2ccccc2)n1. The van der Waals surface area contributed by atoms with E-state index in [4.69, 9.17) is 5.10 Å². The molecule has 3 nitrogen and oxygen atoms in total. The normalized spacial score (nSPS) is 13.4. The Bertz CT molecular complexity index is 1020. The van der Waals surface area contributed by atoms with Gasteiger partial charge in [-0.3, -0.25) is 9.48 Å². The highest BCUT2D eigenvalue weighted by Crippen LogP contribution is 2.31. The number of allylic oxidation sites excluding steroid dienone is 2. The topological polar surface area (TPSA) is 34.9 Å². The summed E-state index contributed by atoms with van der Waals surface area (Å²) in [5, 5.41) is 4.79. The van der Waals surface area contributed by atoms with Crippen LogP contribution in [0.5, 0.6) is 0 Å². The summed E-state index contributed by atoms with van der Waals surface area (Å²) in [6.45, 7) is 6.97. The lowest BCUT2D eigenvalue weighted by atomic mass is 9.91. The van der Waals surface area contributed by atoms with Crippen LogP contribution in [0.25, 0.3) is 5.57 Å². The molecule has 0 N–H and O–H groups in total. The molecule has 0 unspecified atom stereocenters. The van der Waals surface area contributed by atoms with Crippen molar-refractivity contribution in [1.82, 2.24) is 9.78 Å². The molecule has 0 saturated heterocycles. The third-order valence-corrected chi connectivity index (χ3v) is 5.03. The molecule has 4 rings (SSSR count). The summed E-state index contributed by atoms with van der Waals surface area (Å²) in [7, 11) is 0. The maximum absolute atomic E-state index is 13.4. The molecular formula is C24H24N2O. The van der Waals surface area contributed by atoms with Gasteiger partial charge in [0.15, 0.2) is 0 Å². The molecular weight excluding hydrogens is 332 g/mol. The van der Waals surface area contributed by atoms with E-state index in [-0.39, 0.29) is 11.2 Å². The number of carbonyl (C=O) groups excluding carboxylic acids is 1. The van der Waals surface area contributed by atoms with Crippen molar-refractivity contribution in [3.8, 4) is 0 Å². The first-order chi connectivity index (χ1) is 12.9. The monoisotopic (exact) mass is 356 g/mol. The molecule has 3 aromatic rings. The highest BCUT2D eigenvalue weighted by molar-refractivity contribution is 6.29. The predicted molar refractivity (Wildman–Crippen MR) is 109 cm³/mol. The smallest absolute Gasteiger partial charge is 0.211 e. The van der Waals surface area contributed by atoms with Crippen LogP contribution >= 0.6 is 0 Å². The number of hydrogen-bond acceptors (Lipinski definition) is 2. The van der Waals surface area contributed by atoms with Crippen LogP contribution in [0.1, 0.15) is 53.6 Å². The minimum atomic E-state index is -0.112. The van der Waals surface area contributed by atoms with E-state index in [1.807, 2.05) is 53.2 Å². The van der Waals surface area contributed by atoms with Gasteiger partial charge in [-0.1, -0.05) is 81.4 Å². The van der Waals surface area contributed by atoms with Gasteiger partial charge in [0.2, 0.25) is 5.78 Å². The highest BCUT2D eigenvalue weighted by Gasteiger charge is 2.27. The molecule has 0 bridgehead atoms. The molecule has 0 radical (unpaired) electrons. The molecule has 1 heterocycles. The molecule has 3 heteroatoms. The summed E-state index contributed by atoms with van der Waals surface area (Å²) in [6.07, 6.45) is 2.86. The number of hydrogen-bond donors (Lipinski definition) is 0. The summed E-state index contributed by atoms with van der Waals surface area (Å²) in [6, 6.07) is 20.3. The average molecular weight is 356 g/mol. The number of fused-ring (bicyclic) bond motifs is 1. The maximum Gasteiger partial charge on any atom is 0.211 e. The summed E-state index contributed by atoms with van der Waals surface area (Å²) in [4.78, 5) is 13.4. The fraction of sp³-hybridized carbons (Fsp3) is 0.250. The first-order valence-electron chi connectivity index (χ1n) is 9.39. The van der Waals surface area contributed by atoms with Gasteiger partial charge in [-0.25, -0.2) is 0 Å². The van der Waals surface area contributed by atoms with Gasteiger partial charge in [0.1, 0.15) is 5.69 Å². The number of carbonyl (C=O) groups is 1. The predicted octanol–water partition coefficient (Wildman–Crippen LogP) is 5.05. The number of aromatic nitrogens is 2. The van der Waals surface area contributed by atoms with Gasteiger partial charge < -0.3 is 0 Å². The number of ketones is 1. The summed E-state index contributed by atoms with van der Waals surface area (Å²) < 4.78 is 1.86. The largest absolute Gasteiger partial charge is 0.287 e. The van der Waals surface area contributed by atoms with Crippen molar-refractivity contribution in [2.75, 3.05) is 0 Å². The zero-order valence-corrected chi connectivity index (χ0v) is 16.1. The second-order valence-electron chi connectivity index (χ2n) is 8.12. The lowest BCUT2D eigenvalue weighted by Crippen LogP contribution is -2.14. The van der Waals surface area contributed by atoms with Crippen LogP contribution in [0.3, 0.4) is 0 Å². The molecule has 0 spiro atoms. The minimum Gasteiger partial charge on any atom is -0.287 e. The molecule has 0 saturated carbocycles.